The number of hydrogen-bond donors (Lipinski definition) is 1. The van der Waals surface area contributed by atoms with Crippen LogP contribution in [0.1, 0.15) is 13.8 Å². The van der Waals surface area contributed by atoms with Crippen molar-refractivity contribution in [2.24, 2.45) is 5.14 Å². The van der Waals surface area contributed by atoms with Crippen LogP contribution in [0.4, 0.5) is 0 Å². The third-order valence-electron chi connectivity index (χ3n) is 0.811. The van der Waals surface area contributed by atoms with Crippen molar-refractivity contribution in [3.05, 3.63) is 0 Å². The summed E-state index contributed by atoms with van der Waals surface area (Å²) in [5.74, 6) is 0. The number of hydrogen-bond acceptors (Lipinski definition) is 1. The molecule has 3 heteroatoms. The first-order valence-electron chi connectivity index (χ1n) is 2.01. The summed E-state index contributed by atoms with van der Waals surface area (Å²) in [6.45, 7) is 3.53. The second kappa shape index (κ2) is 1.84. The molecule has 1 unspecified atom stereocenters. The SMILES string of the molecule is CC(C)=S(C)(N)=O. The first-order valence-corrected chi connectivity index (χ1v) is 4.04. The van der Waals surface area contributed by atoms with E-state index in [9.17, 15) is 4.21 Å². The van der Waals surface area contributed by atoms with Crippen molar-refractivity contribution in [2.45, 2.75) is 13.8 Å². The topological polar surface area (TPSA) is 43.1 Å². The monoisotopic (exact) mass is 121 g/mol. The third kappa shape index (κ3) is 2.65. The van der Waals surface area contributed by atoms with Crippen molar-refractivity contribution in [1.82, 2.24) is 0 Å². The lowest BCUT2D eigenvalue weighted by Gasteiger charge is -1.94. The fourth-order valence-electron chi connectivity index (χ4n) is 0. The van der Waals surface area contributed by atoms with Gasteiger partial charge in [0.25, 0.3) is 0 Å². The smallest absolute Gasteiger partial charge is 0.0249 e. The molecule has 0 aromatic heterocycles. The zero-order valence-electron chi connectivity index (χ0n) is 4.89. The second-order valence-electron chi connectivity index (χ2n) is 1.81. The highest BCUT2D eigenvalue weighted by atomic mass is 32.2. The Morgan fingerprint density at radius 1 is 1.57 bits per heavy atom. The molecule has 0 radical (unpaired) electrons. The van der Waals surface area contributed by atoms with Crippen LogP contribution in [0.15, 0.2) is 0 Å². The molecule has 0 aliphatic heterocycles. The van der Waals surface area contributed by atoms with E-state index in [0.29, 0.717) is 0 Å². The predicted molar refractivity (Wildman–Crippen MR) is 34.6 cm³/mol. The average molecular weight is 121 g/mol. The second-order valence-corrected chi connectivity index (χ2v) is 4.44. The van der Waals surface area contributed by atoms with E-state index in [1.165, 1.54) is 6.26 Å². The van der Waals surface area contributed by atoms with Crippen LogP contribution >= 0.6 is 0 Å². The maximum atomic E-state index is 10.6. The van der Waals surface area contributed by atoms with Crippen LogP contribution in [0.2, 0.25) is 0 Å². The van der Waals surface area contributed by atoms with Crippen LogP contribution in [-0.4, -0.2) is 15.3 Å². The Balaban J connectivity index is 4.67. The molecule has 2 nitrogen and oxygen atoms in total. The Bertz CT molecular complexity index is 153. The lowest BCUT2D eigenvalue weighted by molar-refractivity contribution is 0.685. The molecule has 0 amide bonds. The molecule has 0 aliphatic rings. The zero-order valence-corrected chi connectivity index (χ0v) is 5.71. The highest BCUT2D eigenvalue weighted by Gasteiger charge is 1.87. The van der Waals surface area contributed by atoms with Crippen molar-refractivity contribution < 1.29 is 4.21 Å². The molecule has 0 rings (SSSR count). The van der Waals surface area contributed by atoms with Gasteiger partial charge >= 0.3 is 0 Å². The molecule has 0 saturated carbocycles. The minimum Gasteiger partial charge on any atom is -0.259 e. The van der Waals surface area contributed by atoms with Crippen molar-refractivity contribution in [2.75, 3.05) is 6.26 Å². The number of nitrogens with two attached hydrogens (primary N) is 1. The van der Waals surface area contributed by atoms with E-state index in [1.54, 1.807) is 13.8 Å². The van der Waals surface area contributed by atoms with Gasteiger partial charge in [0.1, 0.15) is 0 Å². The van der Waals surface area contributed by atoms with Crippen LogP contribution in [0.3, 0.4) is 0 Å². The van der Waals surface area contributed by atoms with E-state index < -0.39 is 9.71 Å². The van der Waals surface area contributed by atoms with Gasteiger partial charge in [0, 0.05) is 16.0 Å². The van der Waals surface area contributed by atoms with Crippen LogP contribution in [0, 0.1) is 0 Å². The summed E-state index contributed by atoms with van der Waals surface area (Å²) in [5.41, 5.74) is 0. The van der Waals surface area contributed by atoms with Crippen molar-refractivity contribution >= 4 is 14.6 Å². The summed E-state index contributed by atoms with van der Waals surface area (Å²) in [6.07, 6.45) is 1.53. The molecule has 0 bridgehead atoms. The van der Waals surface area contributed by atoms with Crippen molar-refractivity contribution in [3.63, 3.8) is 0 Å². The van der Waals surface area contributed by atoms with Gasteiger partial charge in [-0.1, -0.05) is 0 Å². The normalized spacial score (nSPS) is 18.3. The Hall–Kier alpha value is -0.0200. The van der Waals surface area contributed by atoms with Gasteiger partial charge in [-0.05, 0) is 18.7 Å². The Kier molecular flexibility index (Phi) is 1.83. The van der Waals surface area contributed by atoms with Crippen LogP contribution in [0.5, 0.6) is 0 Å². The van der Waals surface area contributed by atoms with Crippen LogP contribution in [0.25, 0.3) is 0 Å². The largest absolute Gasteiger partial charge is 0.259 e. The van der Waals surface area contributed by atoms with E-state index in [0.717, 1.165) is 4.86 Å². The fraction of sp³-hybridized carbons (Fsp3) is 0.750. The number of rotatable bonds is 0. The highest BCUT2D eigenvalue weighted by molar-refractivity contribution is 7.99. The molecular weight excluding hydrogens is 110 g/mol. The lowest BCUT2D eigenvalue weighted by atomic mass is 10.6. The molecule has 0 heterocycles. The lowest BCUT2D eigenvalue weighted by Crippen LogP contribution is -2.16. The van der Waals surface area contributed by atoms with E-state index in [4.69, 9.17) is 5.14 Å². The maximum Gasteiger partial charge on any atom is 0.0249 e. The fourth-order valence-corrected chi connectivity index (χ4v) is 0. The molecule has 0 spiro atoms. The summed E-state index contributed by atoms with van der Waals surface area (Å²) >= 11 is 0. The zero-order chi connectivity index (χ0) is 6.08. The quantitative estimate of drug-likeness (QED) is 0.450. The molecule has 2 N–H and O–H groups in total. The predicted octanol–water partition coefficient (Wildman–Crippen LogP) is -0.0135. The summed E-state index contributed by atoms with van der Waals surface area (Å²) in [4.78, 5) is 0.799. The van der Waals surface area contributed by atoms with Crippen LogP contribution in [-0.2, 0) is 9.71 Å². The molecule has 0 saturated heterocycles. The minimum absolute atomic E-state index is 0.799. The van der Waals surface area contributed by atoms with E-state index in [-0.39, 0.29) is 0 Å². The van der Waals surface area contributed by atoms with E-state index in [2.05, 4.69) is 0 Å². The molecule has 0 fully saturated rings. The van der Waals surface area contributed by atoms with Gasteiger partial charge in [0.2, 0.25) is 0 Å². The molecule has 0 aromatic carbocycles. The molecule has 0 aliphatic carbocycles. The van der Waals surface area contributed by atoms with Gasteiger partial charge in [0.15, 0.2) is 0 Å². The third-order valence-corrected chi connectivity index (χ3v) is 2.43. The molecule has 1 atom stereocenters. The maximum absolute atomic E-state index is 10.6. The van der Waals surface area contributed by atoms with Gasteiger partial charge in [-0.25, -0.2) is 0 Å². The van der Waals surface area contributed by atoms with Crippen molar-refractivity contribution in [1.29, 1.82) is 0 Å². The summed E-state index contributed by atoms with van der Waals surface area (Å²) in [7, 11) is -2.07. The minimum atomic E-state index is -2.07. The average Bonchev–Trinajstić information content (AvgIpc) is 1.31. The van der Waals surface area contributed by atoms with Gasteiger partial charge in [-0.2, -0.15) is 0 Å². The van der Waals surface area contributed by atoms with Gasteiger partial charge in [-0.3, -0.25) is 9.35 Å². The Morgan fingerprint density at radius 3 is 1.71 bits per heavy atom. The highest BCUT2D eigenvalue weighted by Crippen LogP contribution is 1.75. The summed E-state index contributed by atoms with van der Waals surface area (Å²) in [6, 6.07) is 0. The summed E-state index contributed by atoms with van der Waals surface area (Å²) in [5, 5.41) is 5.17. The summed E-state index contributed by atoms with van der Waals surface area (Å²) < 4.78 is 10.6. The Labute approximate surface area is 44.9 Å². The molecule has 44 valence electrons. The first-order chi connectivity index (χ1) is 2.94. The Morgan fingerprint density at radius 2 is 1.71 bits per heavy atom. The van der Waals surface area contributed by atoms with Gasteiger partial charge in [-0.15, -0.1) is 0 Å². The van der Waals surface area contributed by atoms with E-state index in [1.807, 2.05) is 0 Å². The first kappa shape index (κ1) is 6.98. The van der Waals surface area contributed by atoms with Gasteiger partial charge < -0.3 is 0 Å². The van der Waals surface area contributed by atoms with Crippen LogP contribution < -0.4 is 5.14 Å². The van der Waals surface area contributed by atoms with E-state index >= 15 is 0 Å². The molecule has 7 heavy (non-hydrogen) atoms. The molecule has 0 aromatic rings. The van der Waals surface area contributed by atoms with Crippen molar-refractivity contribution in [3.8, 4) is 0 Å². The molecular formula is C4H11NOS. The van der Waals surface area contributed by atoms with Gasteiger partial charge in [0.05, 0.1) is 0 Å². The standard InChI is InChI=1S/C4H11NOS/c1-4(2)7(3,5)6/h1-3H3,(H2,5,6).